The Morgan fingerprint density at radius 1 is 0.464 bits per heavy atom. The van der Waals surface area contributed by atoms with Crippen molar-refractivity contribution in [3.63, 3.8) is 0 Å². The van der Waals surface area contributed by atoms with Gasteiger partial charge in [-0.3, -0.25) is 4.55 Å². The number of allylic oxidation sites excluding steroid dienone is 4. The number of esters is 2. The van der Waals surface area contributed by atoms with Gasteiger partial charge in [-0.15, -0.1) is 0 Å². The number of rotatable bonds is 39. The molecule has 0 bridgehead atoms. The van der Waals surface area contributed by atoms with Crippen molar-refractivity contribution in [3.05, 3.63) is 53.6 Å². The second-order valence-electron chi connectivity index (χ2n) is 15.7. The van der Waals surface area contributed by atoms with Crippen molar-refractivity contribution in [2.45, 2.75) is 224 Å². The van der Waals surface area contributed by atoms with Crippen molar-refractivity contribution in [1.29, 1.82) is 0 Å². The Balaban J connectivity index is 2.22. The van der Waals surface area contributed by atoms with E-state index in [-0.39, 0.29) is 24.3 Å². The summed E-state index contributed by atoms with van der Waals surface area (Å²) in [6.45, 7) is 4.86. The average Bonchev–Trinajstić information content (AvgIpc) is 3.18. The largest absolute Gasteiger partial charge is 0.462 e. The van der Waals surface area contributed by atoms with Crippen LogP contribution in [-0.2, 0) is 19.6 Å². The first-order valence-corrected chi connectivity index (χ1v) is 24.5. The van der Waals surface area contributed by atoms with Crippen LogP contribution in [0.15, 0.2) is 47.4 Å². The molecule has 1 aromatic rings. The minimum absolute atomic E-state index is 0.0783. The molecule has 0 saturated carbocycles. The van der Waals surface area contributed by atoms with Crippen LogP contribution < -0.4 is 0 Å². The first-order chi connectivity index (χ1) is 27.3. The zero-order valence-electron chi connectivity index (χ0n) is 35.9. The molecule has 0 spiro atoms. The second-order valence-corrected chi connectivity index (χ2v) is 17.2. The molecule has 0 aromatic heterocycles. The third-order valence-corrected chi connectivity index (χ3v) is 11.4. The summed E-state index contributed by atoms with van der Waals surface area (Å²) in [7, 11) is -4.58. The van der Waals surface area contributed by atoms with E-state index in [1.807, 2.05) is 0 Å². The summed E-state index contributed by atoms with van der Waals surface area (Å²) < 4.78 is 43.9. The number of carbonyl (C=O) groups is 2. The van der Waals surface area contributed by atoms with E-state index in [2.05, 4.69) is 38.2 Å². The van der Waals surface area contributed by atoms with Gasteiger partial charge in [0.05, 0.1) is 29.2 Å². The lowest BCUT2D eigenvalue weighted by Crippen LogP contribution is -2.16. The van der Waals surface area contributed by atoms with Gasteiger partial charge in [-0.05, 0) is 82.4 Å². The monoisotopic (exact) mass is 803 g/mol. The van der Waals surface area contributed by atoms with Crippen LogP contribution in [0, 0.1) is 0 Å². The minimum Gasteiger partial charge on any atom is -0.462 e. The van der Waals surface area contributed by atoms with Gasteiger partial charge in [-0.25, -0.2) is 9.59 Å². The van der Waals surface area contributed by atoms with Crippen molar-refractivity contribution in [3.8, 4) is 0 Å². The van der Waals surface area contributed by atoms with E-state index in [0.29, 0.717) is 12.8 Å². The molecule has 0 aliphatic heterocycles. The molecule has 0 saturated heterocycles. The lowest BCUT2D eigenvalue weighted by Gasteiger charge is -2.11. The van der Waals surface area contributed by atoms with Gasteiger partial charge in [0, 0.05) is 0 Å². The second kappa shape index (κ2) is 36.9. The molecule has 8 heteroatoms. The van der Waals surface area contributed by atoms with Crippen LogP contribution in [0.5, 0.6) is 0 Å². The molecule has 1 aromatic carbocycles. The van der Waals surface area contributed by atoms with Crippen LogP contribution >= 0.6 is 0 Å². The normalized spacial score (nSPS) is 11.9. The predicted octanol–water partition coefficient (Wildman–Crippen LogP) is 14.9. The van der Waals surface area contributed by atoms with Crippen molar-refractivity contribution < 1.29 is 32.0 Å². The highest BCUT2D eigenvalue weighted by Gasteiger charge is 2.23. The minimum atomic E-state index is -4.58. The maximum absolute atomic E-state index is 13.0. The summed E-state index contributed by atoms with van der Waals surface area (Å²) in [6, 6.07) is 3.27. The summed E-state index contributed by atoms with van der Waals surface area (Å²) >= 11 is 0. The van der Waals surface area contributed by atoms with Crippen LogP contribution in [0.1, 0.15) is 240 Å². The highest BCUT2D eigenvalue weighted by molar-refractivity contribution is 7.85. The van der Waals surface area contributed by atoms with Gasteiger partial charge < -0.3 is 9.47 Å². The van der Waals surface area contributed by atoms with Crippen LogP contribution in [0.2, 0.25) is 0 Å². The summed E-state index contributed by atoms with van der Waals surface area (Å²) in [4.78, 5) is 25.4. The molecule has 0 amide bonds. The van der Waals surface area contributed by atoms with E-state index in [0.717, 1.165) is 50.7 Å². The molecule has 0 aliphatic rings. The maximum atomic E-state index is 13.0. The third-order valence-electron chi connectivity index (χ3n) is 10.5. The Bertz CT molecular complexity index is 1270. The summed E-state index contributed by atoms with van der Waals surface area (Å²) in [5, 5.41) is 0. The van der Waals surface area contributed by atoms with Crippen molar-refractivity contribution in [2.24, 2.45) is 0 Å². The van der Waals surface area contributed by atoms with Crippen LogP contribution in [0.4, 0.5) is 0 Å². The van der Waals surface area contributed by atoms with Crippen LogP contribution in [0.25, 0.3) is 0 Å². The predicted molar refractivity (Wildman–Crippen MR) is 234 cm³/mol. The molecule has 0 atom stereocenters. The summed E-state index contributed by atoms with van der Waals surface area (Å²) in [6.07, 6.45) is 48.3. The number of carbonyl (C=O) groups excluding carboxylic acids is 2. The van der Waals surface area contributed by atoms with Gasteiger partial charge in [-0.1, -0.05) is 179 Å². The first-order valence-electron chi connectivity index (χ1n) is 23.1. The number of unbranched alkanes of at least 4 members (excludes halogenated alkanes) is 28. The molecular formula is C48H82O7S. The zero-order valence-corrected chi connectivity index (χ0v) is 36.7. The van der Waals surface area contributed by atoms with Gasteiger partial charge in [-0.2, -0.15) is 8.42 Å². The number of ether oxygens (including phenoxy) is 2. The number of hydrogen-bond acceptors (Lipinski definition) is 6. The van der Waals surface area contributed by atoms with Crippen molar-refractivity contribution >= 4 is 22.1 Å². The van der Waals surface area contributed by atoms with Gasteiger partial charge in [0.25, 0.3) is 10.1 Å². The summed E-state index contributed by atoms with van der Waals surface area (Å²) in [5.41, 5.74) is -0.307. The molecule has 0 fully saturated rings. The zero-order chi connectivity index (χ0) is 40.8. The number of hydrogen-bond donors (Lipinski definition) is 1. The van der Waals surface area contributed by atoms with E-state index in [4.69, 9.17) is 9.47 Å². The Hall–Kier alpha value is -2.45. The summed E-state index contributed by atoms with van der Waals surface area (Å²) in [5.74, 6) is -1.54. The fourth-order valence-electron chi connectivity index (χ4n) is 6.92. The molecule has 1 rings (SSSR count). The molecular weight excluding hydrogens is 721 g/mol. The SMILES string of the molecule is CCCCCCCCCCCCCC/C=C/CCCCOC(=O)c1ccc(S(=O)(=O)O)cc1C(=O)OCCCC/C=C/CCCCCCCCCCCCCC. The van der Waals surface area contributed by atoms with E-state index in [1.54, 1.807) is 0 Å². The molecule has 0 aliphatic carbocycles. The standard InChI is InChI=1S/C48H82O7S/c1-3-5-7-9-11-13-15-17-19-21-23-25-27-29-31-33-35-37-41-54-47(49)45-40-39-44(56(51,52)53)43-46(45)48(50)55-42-38-36-34-32-30-28-26-24-22-20-18-16-14-12-10-8-6-4-2/h29-32,39-40,43H,3-28,33-38,41-42H2,1-2H3,(H,51,52,53)/b31-29+,32-30+. The quantitative estimate of drug-likeness (QED) is 0.0306. The highest BCUT2D eigenvalue weighted by atomic mass is 32.2. The lowest BCUT2D eigenvalue weighted by atomic mass is 10.0. The van der Waals surface area contributed by atoms with E-state index in [9.17, 15) is 22.6 Å². The van der Waals surface area contributed by atoms with Gasteiger partial charge >= 0.3 is 11.9 Å². The molecule has 7 nitrogen and oxygen atoms in total. The lowest BCUT2D eigenvalue weighted by molar-refractivity contribution is 0.0451. The fourth-order valence-corrected chi connectivity index (χ4v) is 7.43. The third kappa shape index (κ3) is 29.7. The smallest absolute Gasteiger partial charge is 0.339 e. The molecule has 0 heterocycles. The maximum Gasteiger partial charge on any atom is 0.339 e. The van der Waals surface area contributed by atoms with Crippen LogP contribution in [0.3, 0.4) is 0 Å². The molecule has 322 valence electrons. The Labute approximate surface area is 344 Å². The Kier molecular flexibility index (Phi) is 33.9. The Morgan fingerprint density at radius 3 is 1.11 bits per heavy atom. The Morgan fingerprint density at radius 2 is 0.768 bits per heavy atom. The topological polar surface area (TPSA) is 107 Å². The fraction of sp³-hybridized carbons (Fsp3) is 0.750. The molecule has 56 heavy (non-hydrogen) atoms. The molecule has 0 radical (unpaired) electrons. The van der Waals surface area contributed by atoms with Gasteiger partial charge in [0.2, 0.25) is 0 Å². The molecule has 1 N–H and O–H groups in total. The molecule has 0 unspecified atom stereocenters. The average molecular weight is 803 g/mol. The van der Waals surface area contributed by atoms with Gasteiger partial charge in [0.15, 0.2) is 0 Å². The van der Waals surface area contributed by atoms with Crippen molar-refractivity contribution in [2.75, 3.05) is 13.2 Å². The first kappa shape index (κ1) is 51.6. The van der Waals surface area contributed by atoms with E-state index in [1.165, 1.54) is 160 Å². The van der Waals surface area contributed by atoms with E-state index >= 15 is 0 Å². The van der Waals surface area contributed by atoms with Crippen LogP contribution in [-0.4, -0.2) is 38.1 Å². The number of benzene rings is 1. The highest BCUT2D eigenvalue weighted by Crippen LogP contribution is 2.20. The van der Waals surface area contributed by atoms with Crippen molar-refractivity contribution in [1.82, 2.24) is 0 Å². The van der Waals surface area contributed by atoms with E-state index < -0.39 is 27.0 Å². The van der Waals surface area contributed by atoms with Gasteiger partial charge in [0.1, 0.15) is 0 Å².